The third-order valence-corrected chi connectivity index (χ3v) is 6.20. The number of aromatic amines is 1. The van der Waals surface area contributed by atoms with E-state index in [4.69, 9.17) is 11.6 Å². The van der Waals surface area contributed by atoms with Crippen molar-refractivity contribution < 1.29 is 14.7 Å². The van der Waals surface area contributed by atoms with Crippen molar-refractivity contribution in [2.45, 2.75) is 39.5 Å². The second-order valence-electron chi connectivity index (χ2n) is 8.86. The first-order valence-corrected chi connectivity index (χ1v) is 13.2. The average molecular weight is 586 g/mol. The Morgan fingerprint density at radius 1 is 0.977 bits per heavy atom. The first kappa shape index (κ1) is 31.5. The summed E-state index contributed by atoms with van der Waals surface area (Å²) >= 11 is 6.21. The summed E-state index contributed by atoms with van der Waals surface area (Å²) in [5.74, 6) is -1.88. The number of fused-ring (bicyclic) bond motifs is 1. The number of anilines is 1. The molecule has 0 aliphatic rings. The molecular formula is C34H24ClN5O3. The lowest BCUT2D eigenvalue weighted by Gasteiger charge is -2.12. The van der Waals surface area contributed by atoms with Gasteiger partial charge in [0.15, 0.2) is 5.65 Å². The number of carboxylic acids is 1. The summed E-state index contributed by atoms with van der Waals surface area (Å²) in [5, 5.41) is 21.6. The van der Waals surface area contributed by atoms with Gasteiger partial charge in [0, 0.05) is 18.5 Å². The van der Waals surface area contributed by atoms with Crippen molar-refractivity contribution in [2.75, 3.05) is 5.32 Å². The molecule has 0 bridgehead atoms. The number of amides is 1. The number of benzene rings is 1. The molecule has 1 unspecified atom stereocenters. The van der Waals surface area contributed by atoms with Crippen LogP contribution in [0.3, 0.4) is 0 Å². The summed E-state index contributed by atoms with van der Waals surface area (Å²) in [6.45, 7) is 6.69. The monoisotopic (exact) mass is 585 g/mol. The van der Waals surface area contributed by atoms with Gasteiger partial charge >= 0.3 is 5.97 Å². The molecule has 1 aromatic carbocycles. The molecule has 0 radical (unpaired) electrons. The first-order valence-electron chi connectivity index (χ1n) is 12.9. The molecule has 2 aromatic heterocycles. The van der Waals surface area contributed by atoms with E-state index in [-0.39, 0.29) is 6.42 Å². The number of hydrogen-bond acceptors (Lipinski definition) is 4. The summed E-state index contributed by atoms with van der Waals surface area (Å²) in [4.78, 5) is 27.5. The van der Waals surface area contributed by atoms with E-state index >= 15 is 0 Å². The van der Waals surface area contributed by atoms with Crippen LogP contribution in [0.4, 0.5) is 5.69 Å². The molecule has 0 aliphatic heterocycles. The molecular weight excluding hydrogens is 562 g/mol. The summed E-state index contributed by atoms with van der Waals surface area (Å²) in [6, 6.07) is 7.40. The Labute approximate surface area is 252 Å². The lowest BCUT2D eigenvalue weighted by molar-refractivity contribution is -0.142. The van der Waals surface area contributed by atoms with Crippen LogP contribution in [-0.4, -0.2) is 36.8 Å². The number of nitrogens with zero attached hydrogens (tertiary/aromatic N) is 3. The van der Waals surface area contributed by atoms with E-state index in [1.54, 1.807) is 19.1 Å². The topological polar surface area (TPSA) is 112 Å². The molecule has 0 saturated carbocycles. The van der Waals surface area contributed by atoms with Crippen molar-refractivity contribution in [1.29, 1.82) is 0 Å². The van der Waals surface area contributed by atoms with Crippen LogP contribution in [0.15, 0.2) is 111 Å². The Bertz CT molecular complexity index is 2070. The maximum absolute atomic E-state index is 12.6. The Morgan fingerprint density at radius 2 is 1.58 bits per heavy atom. The van der Waals surface area contributed by atoms with Crippen molar-refractivity contribution in [3.63, 3.8) is 0 Å². The molecule has 0 aliphatic carbocycles. The lowest BCUT2D eigenvalue weighted by atomic mass is 9.97. The van der Waals surface area contributed by atoms with Gasteiger partial charge in [0.2, 0.25) is 5.91 Å². The molecule has 210 valence electrons. The number of halogens is 1. The van der Waals surface area contributed by atoms with Gasteiger partial charge in [-0.2, -0.15) is 5.10 Å². The van der Waals surface area contributed by atoms with Crippen molar-refractivity contribution in [1.82, 2.24) is 19.8 Å². The molecule has 0 fully saturated rings. The maximum atomic E-state index is 12.6. The van der Waals surface area contributed by atoms with E-state index in [0.29, 0.717) is 21.9 Å². The lowest BCUT2D eigenvalue weighted by Crippen LogP contribution is -2.23. The molecule has 0 saturated heterocycles. The van der Waals surface area contributed by atoms with Gasteiger partial charge in [0.05, 0.1) is 11.6 Å². The van der Waals surface area contributed by atoms with Crippen LogP contribution >= 0.6 is 11.6 Å². The number of aryl methyl sites for hydroxylation is 3. The fraction of sp³-hybridized carbons (Fsp3) is 0.206. The Kier molecular flexibility index (Phi) is 12.0. The van der Waals surface area contributed by atoms with Crippen LogP contribution in [0.1, 0.15) is 36.8 Å². The van der Waals surface area contributed by atoms with E-state index in [1.807, 2.05) is 19.1 Å². The highest BCUT2D eigenvalue weighted by Gasteiger charge is 2.23. The van der Waals surface area contributed by atoms with Crippen LogP contribution < -0.4 is 5.32 Å². The van der Waals surface area contributed by atoms with E-state index in [2.05, 4.69) is 102 Å². The van der Waals surface area contributed by atoms with Gasteiger partial charge in [0.25, 0.3) is 0 Å². The number of carbonyl (C=O) groups excluding carboxylic acids is 1. The number of H-pyrrole nitrogens is 1. The fourth-order valence-electron chi connectivity index (χ4n) is 3.64. The highest BCUT2D eigenvalue weighted by Crippen LogP contribution is 2.20. The maximum Gasteiger partial charge on any atom is 0.311 e. The van der Waals surface area contributed by atoms with Crippen LogP contribution in [0.25, 0.3) is 5.65 Å². The molecule has 43 heavy (non-hydrogen) atoms. The standard InChI is InChI=1S/C34H24ClN5O3/c1-4-5-6-7-8-9-10-11-12-13-14-15-17-25(2)29(34(42)43)24-31(41)36-28-22-20-27(21-23-28)18-16-19-30-37-33-32(35)26(3)38-40(33)39-30/h20-23,29H,1,16,18-19,24H2,2-3H3,(H,36,41)(H,37,39)(H,42,43). The van der Waals surface area contributed by atoms with Crippen LogP contribution in [-0.2, 0) is 22.4 Å². The smallest absolute Gasteiger partial charge is 0.311 e. The SMILES string of the molecule is C=C=C=C=C=C=C=C=C=C=C=C=C=C=C(C)C(CC(=O)Nc1ccc(CCCc2nn3nc(C)c(Cl)c3[nH]2)cc1)C(=O)O. The number of nitrogens with one attached hydrogen (secondary N) is 2. The van der Waals surface area contributed by atoms with Crippen molar-refractivity contribution >= 4 is 34.8 Å². The highest BCUT2D eigenvalue weighted by atomic mass is 35.5. The summed E-state index contributed by atoms with van der Waals surface area (Å²) in [6.07, 6.45) is 2.11. The molecule has 9 heteroatoms. The number of carbonyl (C=O) groups is 2. The first-order chi connectivity index (χ1) is 20.8. The third kappa shape index (κ3) is 10.2. The second-order valence-corrected chi connectivity index (χ2v) is 9.24. The van der Waals surface area contributed by atoms with E-state index < -0.39 is 17.8 Å². The molecule has 1 amide bonds. The number of carboxylic acid groups (broad SMARTS) is 1. The number of rotatable bonds is 9. The molecule has 3 aromatic rings. The van der Waals surface area contributed by atoms with Crippen LogP contribution in [0, 0.1) is 12.8 Å². The quantitative estimate of drug-likeness (QED) is 0.274. The zero-order valence-electron chi connectivity index (χ0n) is 23.4. The average Bonchev–Trinajstić information content (AvgIpc) is 3.49. The zero-order valence-corrected chi connectivity index (χ0v) is 24.2. The van der Waals surface area contributed by atoms with Crippen molar-refractivity contribution in [3.8, 4) is 0 Å². The predicted octanol–water partition coefficient (Wildman–Crippen LogP) is 5.82. The molecule has 1 atom stereocenters. The predicted molar refractivity (Wildman–Crippen MR) is 160 cm³/mol. The summed E-state index contributed by atoms with van der Waals surface area (Å²) in [7, 11) is 0. The van der Waals surface area contributed by atoms with E-state index in [9.17, 15) is 14.7 Å². The van der Waals surface area contributed by atoms with Crippen LogP contribution in [0.5, 0.6) is 0 Å². The molecule has 8 nitrogen and oxygen atoms in total. The number of aliphatic carboxylic acids is 1. The Balaban J connectivity index is 1.58. The zero-order chi connectivity index (χ0) is 31.0. The normalized spacial score (nSPS) is 9.65. The van der Waals surface area contributed by atoms with Gasteiger partial charge in [-0.15, -0.1) is 9.73 Å². The minimum absolute atomic E-state index is 0.271. The van der Waals surface area contributed by atoms with Crippen molar-refractivity contribution in [2.24, 2.45) is 5.92 Å². The van der Waals surface area contributed by atoms with Crippen molar-refractivity contribution in [3.05, 3.63) is 133 Å². The molecule has 0 spiro atoms. The van der Waals surface area contributed by atoms with E-state index in [1.165, 1.54) is 4.63 Å². The summed E-state index contributed by atoms with van der Waals surface area (Å²) in [5.41, 5.74) is 35.8. The largest absolute Gasteiger partial charge is 0.481 e. The second kappa shape index (κ2) is 16.3. The van der Waals surface area contributed by atoms with E-state index in [0.717, 1.165) is 36.3 Å². The third-order valence-electron chi connectivity index (χ3n) is 5.75. The van der Waals surface area contributed by atoms with Gasteiger partial charge in [-0.05, 0) is 120 Å². The Morgan fingerprint density at radius 3 is 2.16 bits per heavy atom. The van der Waals surface area contributed by atoms with Gasteiger partial charge in [0.1, 0.15) is 10.8 Å². The van der Waals surface area contributed by atoms with Gasteiger partial charge in [-0.1, -0.05) is 35.2 Å². The van der Waals surface area contributed by atoms with Crippen LogP contribution in [0.2, 0.25) is 5.02 Å². The fourth-order valence-corrected chi connectivity index (χ4v) is 3.80. The number of hydrogen-bond donors (Lipinski definition) is 3. The molecule has 3 N–H and O–H groups in total. The van der Waals surface area contributed by atoms with Gasteiger partial charge in [-0.3, -0.25) is 9.59 Å². The summed E-state index contributed by atoms with van der Waals surface area (Å²) < 4.78 is 1.51. The van der Waals surface area contributed by atoms with Gasteiger partial charge in [-0.25, -0.2) is 0 Å². The molecule has 3 rings (SSSR count). The van der Waals surface area contributed by atoms with Gasteiger partial charge < -0.3 is 15.4 Å². The molecule has 2 heterocycles. The minimum atomic E-state index is -1.15. The number of aromatic nitrogens is 4. The highest BCUT2D eigenvalue weighted by molar-refractivity contribution is 6.34. The Hall–Kier alpha value is -5.99. The minimum Gasteiger partial charge on any atom is -0.481 e.